The van der Waals surface area contributed by atoms with Gasteiger partial charge in [0.2, 0.25) is 11.8 Å². The molecule has 1 aliphatic rings. The van der Waals surface area contributed by atoms with Crippen LogP contribution in [-0.2, 0) is 16.1 Å². The van der Waals surface area contributed by atoms with E-state index in [1.165, 1.54) is 0 Å². The topological polar surface area (TPSA) is 70.2 Å². The Kier molecular flexibility index (Phi) is 7.10. The van der Waals surface area contributed by atoms with Gasteiger partial charge in [0.1, 0.15) is 0 Å². The molecular formula is C16H22ClF2N3O2. The van der Waals surface area contributed by atoms with E-state index in [0.717, 1.165) is 5.56 Å². The lowest BCUT2D eigenvalue weighted by atomic mass is 10.1. The summed E-state index contributed by atoms with van der Waals surface area (Å²) in [6, 6.07) is 6.17. The Bertz CT molecular complexity index is 579. The van der Waals surface area contributed by atoms with Crippen molar-refractivity contribution < 1.29 is 18.4 Å². The minimum Gasteiger partial charge on any atom is -0.351 e. The molecule has 2 amide bonds. The summed E-state index contributed by atoms with van der Waals surface area (Å²) < 4.78 is 26.1. The predicted octanol–water partition coefficient (Wildman–Crippen LogP) is 2.32. The van der Waals surface area contributed by atoms with Gasteiger partial charge in [-0.1, -0.05) is 26.0 Å². The minimum absolute atomic E-state index is 0. The minimum atomic E-state index is -2.82. The number of amides is 2. The summed E-state index contributed by atoms with van der Waals surface area (Å²) in [6.45, 7) is 3.40. The number of alkyl halides is 2. The van der Waals surface area contributed by atoms with Crippen LogP contribution in [0.15, 0.2) is 24.3 Å². The van der Waals surface area contributed by atoms with E-state index in [0.29, 0.717) is 5.69 Å². The number of benzene rings is 1. The molecular weight excluding hydrogens is 340 g/mol. The van der Waals surface area contributed by atoms with Crippen LogP contribution in [0.1, 0.15) is 25.8 Å². The van der Waals surface area contributed by atoms with Crippen molar-refractivity contribution >= 4 is 29.9 Å². The van der Waals surface area contributed by atoms with E-state index < -0.39 is 30.8 Å². The van der Waals surface area contributed by atoms with Crippen molar-refractivity contribution in [3.8, 4) is 0 Å². The smallest absolute Gasteiger partial charge is 0.262 e. The monoisotopic (exact) mass is 361 g/mol. The maximum atomic E-state index is 13.0. The van der Waals surface area contributed by atoms with Gasteiger partial charge in [0.15, 0.2) is 0 Å². The van der Waals surface area contributed by atoms with Crippen LogP contribution in [0.3, 0.4) is 0 Å². The Balaban J connectivity index is 0.00000288. The maximum Gasteiger partial charge on any atom is 0.262 e. The zero-order valence-corrected chi connectivity index (χ0v) is 14.4. The van der Waals surface area contributed by atoms with Crippen molar-refractivity contribution in [2.75, 3.05) is 11.9 Å². The molecule has 1 atom stereocenters. The van der Waals surface area contributed by atoms with Gasteiger partial charge in [-0.25, -0.2) is 8.78 Å². The van der Waals surface area contributed by atoms with Gasteiger partial charge in [-0.15, -0.1) is 12.4 Å². The highest BCUT2D eigenvalue weighted by Gasteiger charge is 2.42. The standard InChI is InChI=1S/C16H21F2N3O2.ClH/c1-10(2)14(22)21-12-5-3-11(4-6-12)8-19-15(23)13-7-16(17,18)9-20-13;/h3-6,10,13,20H,7-9H2,1-2H3,(H,19,23)(H,21,22);1H. The third kappa shape index (κ3) is 5.72. The van der Waals surface area contributed by atoms with Crippen molar-refractivity contribution in [3.05, 3.63) is 29.8 Å². The van der Waals surface area contributed by atoms with Gasteiger partial charge in [0, 0.05) is 24.6 Å². The lowest BCUT2D eigenvalue weighted by Crippen LogP contribution is -2.40. The first-order valence-corrected chi connectivity index (χ1v) is 7.55. The molecule has 1 unspecified atom stereocenters. The largest absolute Gasteiger partial charge is 0.351 e. The van der Waals surface area contributed by atoms with Crippen LogP contribution in [0.2, 0.25) is 0 Å². The second-order valence-corrected chi connectivity index (χ2v) is 6.05. The Labute approximate surface area is 146 Å². The zero-order valence-electron chi connectivity index (χ0n) is 13.6. The molecule has 1 aliphatic heterocycles. The number of carbonyl (C=O) groups is 2. The molecule has 1 fully saturated rings. The summed E-state index contributed by atoms with van der Waals surface area (Å²) in [4.78, 5) is 23.4. The van der Waals surface area contributed by atoms with E-state index in [9.17, 15) is 18.4 Å². The molecule has 0 bridgehead atoms. The summed E-state index contributed by atoms with van der Waals surface area (Å²) >= 11 is 0. The van der Waals surface area contributed by atoms with E-state index in [4.69, 9.17) is 0 Å². The molecule has 0 aromatic heterocycles. The number of carbonyl (C=O) groups excluding carboxylic acids is 2. The molecule has 2 rings (SSSR count). The first-order valence-electron chi connectivity index (χ1n) is 7.55. The van der Waals surface area contributed by atoms with Gasteiger partial charge >= 0.3 is 0 Å². The Morgan fingerprint density at radius 2 is 1.92 bits per heavy atom. The van der Waals surface area contributed by atoms with Gasteiger partial charge in [-0.2, -0.15) is 0 Å². The predicted molar refractivity (Wildman–Crippen MR) is 90.4 cm³/mol. The molecule has 1 saturated heterocycles. The van der Waals surface area contributed by atoms with E-state index >= 15 is 0 Å². The van der Waals surface area contributed by atoms with Gasteiger partial charge in [-0.3, -0.25) is 14.9 Å². The van der Waals surface area contributed by atoms with Crippen LogP contribution in [0, 0.1) is 5.92 Å². The lowest BCUT2D eigenvalue weighted by Gasteiger charge is -2.12. The average Bonchev–Trinajstić information content (AvgIpc) is 2.86. The van der Waals surface area contributed by atoms with Crippen molar-refractivity contribution in [2.45, 2.75) is 38.8 Å². The molecule has 0 aliphatic carbocycles. The van der Waals surface area contributed by atoms with Crippen LogP contribution >= 0.6 is 12.4 Å². The molecule has 8 heteroatoms. The number of rotatable bonds is 5. The molecule has 1 heterocycles. The first kappa shape index (κ1) is 20.3. The normalized spacial score (nSPS) is 18.8. The maximum absolute atomic E-state index is 13.0. The first-order chi connectivity index (χ1) is 10.8. The molecule has 3 N–H and O–H groups in total. The average molecular weight is 362 g/mol. The van der Waals surface area contributed by atoms with Crippen LogP contribution < -0.4 is 16.0 Å². The molecule has 5 nitrogen and oxygen atoms in total. The summed E-state index contributed by atoms with van der Waals surface area (Å²) in [7, 11) is 0. The highest BCUT2D eigenvalue weighted by Crippen LogP contribution is 2.25. The fraction of sp³-hybridized carbons (Fsp3) is 0.500. The molecule has 1 aromatic carbocycles. The number of anilines is 1. The Morgan fingerprint density at radius 1 is 1.29 bits per heavy atom. The van der Waals surface area contributed by atoms with Crippen LogP contribution in [0.4, 0.5) is 14.5 Å². The zero-order chi connectivity index (χ0) is 17.0. The second-order valence-electron chi connectivity index (χ2n) is 6.05. The van der Waals surface area contributed by atoms with Gasteiger partial charge in [-0.05, 0) is 17.7 Å². The second kappa shape index (κ2) is 8.39. The van der Waals surface area contributed by atoms with Gasteiger partial charge in [0.05, 0.1) is 12.6 Å². The highest BCUT2D eigenvalue weighted by molar-refractivity contribution is 5.92. The quantitative estimate of drug-likeness (QED) is 0.753. The number of halogens is 3. The highest BCUT2D eigenvalue weighted by atomic mass is 35.5. The molecule has 1 aromatic rings. The van der Waals surface area contributed by atoms with Crippen molar-refractivity contribution in [1.82, 2.24) is 10.6 Å². The van der Waals surface area contributed by atoms with Crippen molar-refractivity contribution in [2.24, 2.45) is 5.92 Å². The lowest BCUT2D eigenvalue weighted by molar-refractivity contribution is -0.123. The van der Waals surface area contributed by atoms with Crippen molar-refractivity contribution in [3.63, 3.8) is 0 Å². The van der Waals surface area contributed by atoms with Gasteiger partial charge in [0.25, 0.3) is 5.92 Å². The van der Waals surface area contributed by atoms with E-state index in [1.807, 2.05) is 0 Å². The van der Waals surface area contributed by atoms with E-state index in [1.54, 1.807) is 38.1 Å². The van der Waals surface area contributed by atoms with Crippen LogP contribution in [0.5, 0.6) is 0 Å². The number of nitrogens with one attached hydrogen (secondary N) is 3. The number of hydrogen-bond donors (Lipinski definition) is 3. The summed E-state index contributed by atoms with van der Waals surface area (Å²) in [5, 5.41) is 7.92. The molecule has 134 valence electrons. The number of hydrogen-bond acceptors (Lipinski definition) is 3. The molecule has 0 spiro atoms. The van der Waals surface area contributed by atoms with Gasteiger partial charge < -0.3 is 10.6 Å². The Morgan fingerprint density at radius 3 is 2.42 bits per heavy atom. The van der Waals surface area contributed by atoms with Crippen LogP contribution in [-0.4, -0.2) is 30.3 Å². The Hall–Kier alpha value is -1.73. The van der Waals surface area contributed by atoms with E-state index in [2.05, 4.69) is 16.0 Å². The molecule has 0 radical (unpaired) electrons. The molecule has 0 saturated carbocycles. The third-order valence-electron chi connectivity index (χ3n) is 3.64. The fourth-order valence-electron chi connectivity index (χ4n) is 2.21. The summed E-state index contributed by atoms with van der Waals surface area (Å²) in [5.74, 6) is -3.43. The molecule has 24 heavy (non-hydrogen) atoms. The summed E-state index contributed by atoms with van der Waals surface area (Å²) in [5.41, 5.74) is 1.50. The summed E-state index contributed by atoms with van der Waals surface area (Å²) in [6.07, 6.45) is -0.473. The third-order valence-corrected chi connectivity index (χ3v) is 3.64. The van der Waals surface area contributed by atoms with Crippen molar-refractivity contribution in [1.29, 1.82) is 0 Å². The van der Waals surface area contributed by atoms with E-state index in [-0.39, 0.29) is 30.8 Å². The van der Waals surface area contributed by atoms with Crippen LogP contribution in [0.25, 0.3) is 0 Å². The SMILES string of the molecule is CC(C)C(=O)Nc1ccc(CNC(=O)C2CC(F)(F)CN2)cc1.Cl. The fourth-order valence-corrected chi connectivity index (χ4v) is 2.21.